The lowest BCUT2D eigenvalue weighted by Gasteiger charge is -2.50. The Morgan fingerprint density at radius 3 is 2.62 bits per heavy atom. The van der Waals surface area contributed by atoms with E-state index in [0.717, 1.165) is 44.5 Å². The standard InChI is InChI=1S/C25H26ClFN6O/c26-19-8-6-18(23(12-19)31-25(29)30-16-28)7-11-24(34)33-21-2-1-3-22(33)15-32(14-21)13-17-4-9-20(27)10-5-17/h4-12,21-22H,1-3,13-15H2,(H3,29,30,31)/b11-7+. The number of hydrogen-bond donors (Lipinski definition) is 2. The number of amides is 1. The molecule has 9 heteroatoms. The largest absolute Gasteiger partial charge is 0.369 e. The van der Waals surface area contributed by atoms with Crippen molar-refractivity contribution in [3.8, 4) is 6.19 Å². The minimum atomic E-state index is -0.235. The summed E-state index contributed by atoms with van der Waals surface area (Å²) >= 11 is 6.09. The molecule has 2 unspecified atom stereocenters. The van der Waals surface area contributed by atoms with Gasteiger partial charge in [0.15, 0.2) is 6.19 Å². The van der Waals surface area contributed by atoms with Gasteiger partial charge >= 0.3 is 0 Å². The van der Waals surface area contributed by atoms with E-state index in [1.807, 2.05) is 17.0 Å². The molecule has 2 aliphatic heterocycles. The van der Waals surface area contributed by atoms with Crippen LogP contribution in [0.15, 0.2) is 53.5 Å². The van der Waals surface area contributed by atoms with Gasteiger partial charge in [0.2, 0.25) is 11.9 Å². The van der Waals surface area contributed by atoms with Gasteiger partial charge in [-0.05, 0) is 55.2 Å². The molecule has 2 atom stereocenters. The predicted octanol–water partition coefficient (Wildman–Crippen LogP) is 3.77. The third-order valence-corrected chi connectivity index (χ3v) is 6.43. The summed E-state index contributed by atoms with van der Waals surface area (Å²) in [5.74, 6) is -0.331. The number of piperidine rings is 1. The third kappa shape index (κ3) is 5.74. The molecule has 2 bridgehead atoms. The van der Waals surface area contributed by atoms with Gasteiger partial charge in [0.1, 0.15) is 5.82 Å². The number of likely N-dealkylation sites (tertiary alicyclic amines) is 1. The van der Waals surface area contributed by atoms with Crippen molar-refractivity contribution in [2.24, 2.45) is 10.7 Å². The van der Waals surface area contributed by atoms with Crippen molar-refractivity contribution < 1.29 is 9.18 Å². The van der Waals surface area contributed by atoms with Gasteiger partial charge < -0.3 is 10.6 Å². The summed E-state index contributed by atoms with van der Waals surface area (Å²) in [7, 11) is 0. The fraction of sp³-hybridized carbons (Fsp3) is 0.320. The molecule has 7 nitrogen and oxygen atoms in total. The smallest absolute Gasteiger partial charge is 0.247 e. The fourth-order valence-electron chi connectivity index (χ4n) is 4.75. The van der Waals surface area contributed by atoms with E-state index in [-0.39, 0.29) is 29.8 Å². The minimum absolute atomic E-state index is 0.0378. The number of nitrogens with two attached hydrogens (primary N) is 1. The number of carbonyl (C=O) groups excluding carboxylic acids is 1. The van der Waals surface area contributed by atoms with Crippen molar-refractivity contribution in [2.75, 3.05) is 13.1 Å². The molecular weight excluding hydrogens is 455 g/mol. The number of guanidine groups is 1. The lowest BCUT2D eigenvalue weighted by Crippen LogP contribution is -2.61. The normalized spacial score (nSPS) is 20.9. The molecule has 2 aliphatic rings. The first kappa shape index (κ1) is 23.7. The summed E-state index contributed by atoms with van der Waals surface area (Å²) in [6.45, 7) is 2.33. The van der Waals surface area contributed by atoms with Crippen LogP contribution in [0.2, 0.25) is 5.02 Å². The topological polar surface area (TPSA) is 97.8 Å². The van der Waals surface area contributed by atoms with E-state index < -0.39 is 0 Å². The summed E-state index contributed by atoms with van der Waals surface area (Å²) < 4.78 is 13.2. The van der Waals surface area contributed by atoms with Gasteiger partial charge in [-0.2, -0.15) is 5.26 Å². The first-order valence-electron chi connectivity index (χ1n) is 11.2. The van der Waals surface area contributed by atoms with Crippen molar-refractivity contribution in [3.05, 3.63) is 70.5 Å². The average molecular weight is 481 g/mol. The molecule has 34 heavy (non-hydrogen) atoms. The number of carbonyl (C=O) groups is 1. The molecule has 176 valence electrons. The predicted molar refractivity (Wildman–Crippen MR) is 130 cm³/mol. The van der Waals surface area contributed by atoms with Crippen molar-refractivity contribution in [3.63, 3.8) is 0 Å². The van der Waals surface area contributed by atoms with Gasteiger partial charge in [0, 0.05) is 48.4 Å². The number of hydrogen-bond acceptors (Lipinski definition) is 4. The van der Waals surface area contributed by atoms with Crippen LogP contribution in [0, 0.1) is 17.3 Å². The first-order chi connectivity index (χ1) is 16.4. The Labute approximate surface area is 203 Å². The van der Waals surface area contributed by atoms with Crippen LogP contribution in [0.3, 0.4) is 0 Å². The Kier molecular flexibility index (Phi) is 7.46. The van der Waals surface area contributed by atoms with Crippen LogP contribution in [0.4, 0.5) is 10.1 Å². The van der Waals surface area contributed by atoms with Crippen molar-refractivity contribution in [1.82, 2.24) is 15.1 Å². The second-order valence-corrected chi connectivity index (χ2v) is 9.01. The molecular formula is C25H26ClFN6O. The highest BCUT2D eigenvalue weighted by molar-refractivity contribution is 6.30. The fourth-order valence-corrected chi connectivity index (χ4v) is 4.91. The highest BCUT2D eigenvalue weighted by Crippen LogP contribution is 2.31. The Hall–Kier alpha value is -3.41. The van der Waals surface area contributed by atoms with Crippen LogP contribution < -0.4 is 11.1 Å². The zero-order chi connectivity index (χ0) is 24.1. The number of fused-ring (bicyclic) bond motifs is 2. The highest BCUT2D eigenvalue weighted by atomic mass is 35.5. The number of nitrogens with one attached hydrogen (secondary N) is 1. The quantitative estimate of drug-likeness (QED) is 0.223. The van der Waals surface area contributed by atoms with Crippen LogP contribution in [-0.4, -0.2) is 46.8 Å². The first-order valence-corrected chi connectivity index (χ1v) is 11.6. The molecule has 2 fully saturated rings. The molecule has 0 aromatic heterocycles. The zero-order valence-corrected chi connectivity index (χ0v) is 19.4. The van der Waals surface area contributed by atoms with Gasteiger partial charge in [-0.1, -0.05) is 29.8 Å². The second-order valence-electron chi connectivity index (χ2n) is 8.57. The van der Waals surface area contributed by atoms with E-state index in [1.165, 1.54) is 12.1 Å². The second kappa shape index (κ2) is 10.7. The maximum absolute atomic E-state index is 13.2. The Morgan fingerprint density at radius 2 is 1.94 bits per heavy atom. The maximum Gasteiger partial charge on any atom is 0.247 e. The van der Waals surface area contributed by atoms with E-state index in [9.17, 15) is 9.18 Å². The van der Waals surface area contributed by atoms with Crippen LogP contribution in [-0.2, 0) is 11.3 Å². The number of halogens is 2. The molecule has 3 N–H and O–H groups in total. The van der Waals surface area contributed by atoms with Crippen molar-refractivity contribution in [2.45, 2.75) is 37.9 Å². The molecule has 0 radical (unpaired) electrons. The van der Waals surface area contributed by atoms with Crippen LogP contribution in [0.5, 0.6) is 0 Å². The lowest BCUT2D eigenvalue weighted by molar-refractivity contribution is -0.137. The van der Waals surface area contributed by atoms with Gasteiger partial charge in [-0.15, -0.1) is 0 Å². The number of aliphatic imine (C=N–C) groups is 1. The zero-order valence-electron chi connectivity index (χ0n) is 18.6. The number of nitriles is 1. The summed E-state index contributed by atoms with van der Waals surface area (Å²) in [4.78, 5) is 21.8. The van der Waals surface area contributed by atoms with Gasteiger partial charge in [0.25, 0.3) is 0 Å². The molecule has 2 saturated heterocycles. The summed E-state index contributed by atoms with van der Waals surface area (Å²) in [5.41, 5.74) is 7.89. The monoisotopic (exact) mass is 480 g/mol. The Morgan fingerprint density at radius 1 is 1.24 bits per heavy atom. The average Bonchev–Trinajstić information content (AvgIpc) is 2.79. The molecule has 2 aromatic rings. The number of rotatable bonds is 5. The van der Waals surface area contributed by atoms with E-state index in [1.54, 1.807) is 36.5 Å². The van der Waals surface area contributed by atoms with Gasteiger partial charge in [-0.3, -0.25) is 15.0 Å². The number of nitrogens with zero attached hydrogens (tertiary/aromatic N) is 4. The molecule has 4 rings (SSSR count). The van der Waals surface area contributed by atoms with E-state index in [0.29, 0.717) is 16.3 Å². The van der Waals surface area contributed by atoms with Gasteiger partial charge in [-0.25, -0.2) is 9.38 Å². The number of piperazine rings is 1. The molecule has 1 amide bonds. The SMILES string of the molecule is N#CNC(N)=Nc1cc(Cl)ccc1/C=C/C(=O)N1C2CCCC1CN(Cc1ccc(F)cc1)C2. The van der Waals surface area contributed by atoms with Crippen LogP contribution in [0.25, 0.3) is 6.08 Å². The minimum Gasteiger partial charge on any atom is -0.369 e. The summed E-state index contributed by atoms with van der Waals surface area (Å²) in [6, 6.07) is 12.0. The molecule has 2 aromatic carbocycles. The molecule has 0 spiro atoms. The Bertz CT molecular complexity index is 1130. The molecule has 0 aliphatic carbocycles. The van der Waals surface area contributed by atoms with E-state index >= 15 is 0 Å². The molecule has 0 saturated carbocycles. The Balaban J connectivity index is 1.47. The maximum atomic E-state index is 13.2. The van der Waals surface area contributed by atoms with Gasteiger partial charge in [0.05, 0.1) is 5.69 Å². The third-order valence-electron chi connectivity index (χ3n) is 6.20. The highest BCUT2D eigenvalue weighted by Gasteiger charge is 2.39. The van der Waals surface area contributed by atoms with E-state index in [2.05, 4.69) is 15.2 Å². The van der Waals surface area contributed by atoms with Crippen molar-refractivity contribution >= 4 is 35.2 Å². The summed E-state index contributed by atoms with van der Waals surface area (Å²) in [5, 5.41) is 11.5. The summed E-state index contributed by atoms with van der Waals surface area (Å²) in [6.07, 6.45) is 8.02. The number of benzene rings is 2. The van der Waals surface area contributed by atoms with Crippen molar-refractivity contribution in [1.29, 1.82) is 5.26 Å². The molecule has 2 heterocycles. The lowest BCUT2D eigenvalue weighted by atomic mass is 9.90. The van der Waals surface area contributed by atoms with E-state index in [4.69, 9.17) is 22.6 Å². The van der Waals surface area contributed by atoms with Crippen LogP contribution in [0.1, 0.15) is 30.4 Å². The van der Waals surface area contributed by atoms with Crippen LogP contribution >= 0.6 is 11.6 Å².